The minimum atomic E-state index is 0.799. The van der Waals surface area contributed by atoms with Gasteiger partial charge in [-0.2, -0.15) is 0 Å². The fourth-order valence-corrected chi connectivity index (χ4v) is 3.03. The van der Waals surface area contributed by atoms with Gasteiger partial charge in [0.05, 0.1) is 18.7 Å². The average molecular weight is 293 g/mol. The minimum absolute atomic E-state index is 0.799. The normalized spacial score (nSPS) is 15.4. The van der Waals surface area contributed by atoms with Crippen LogP contribution in [0.25, 0.3) is 16.6 Å². The Labute approximate surface area is 129 Å². The molecule has 4 rings (SSSR count). The van der Waals surface area contributed by atoms with E-state index in [2.05, 4.69) is 52.1 Å². The number of aromatic nitrogens is 1. The topological polar surface area (TPSA) is 43.4 Å². The van der Waals surface area contributed by atoms with Gasteiger partial charge in [-0.3, -0.25) is 0 Å². The molecule has 0 spiro atoms. The van der Waals surface area contributed by atoms with Gasteiger partial charge in [0.25, 0.3) is 0 Å². The van der Waals surface area contributed by atoms with E-state index >= 15 is 0 Å². The second-order valence-electron chi connectivity index (χ2n) is 5.62. The first-order valence-corrected chi connectivity index (χ1v) is 7.61. The molecule has 3 aromatic rings. The van der Waals surface area contributed by atoms with Gasteiger partial charge in [0, 0.05) is 41.7 Å². The van der Waals surface area contributed by atoms with Gasteiger partial charge in [0.2, 0.25) is 0 Å². The monoisotopic (exact) mass is 293 g/mol. The van der Waals surface area contributed by atoms with E-state index in [0.29, 0.717) is 0 Å². The predicted molar refractivity (Wildman–Crippen MR) is 90.7 cm³/mol. The second kappa shape index (κ2) is 5.39. The first kappa shape index (κ1) is 13.2. The number of nitrogens with zero attached hydrogens (tertiary/aromatic N) is 2. The molecule has 1 aromatic heterocycles. The molecule has 0 aliphatic carbocycles. The number of hydrogen-bond donors (Lipinski definition) is 1. The van der Waals surface area contributed by atoms with Crippen LogP contribution in [0.1, 0.15) is 0 Å². The van der Waals surface area contributed by atoms with E-state index in [4.69, 9.17) is 10.5 Å². The molecule has 1 aliphatic heterocycles. The van der Waals surface area contributed by atoms with Crippen LogP contribution in [0.5, 0.6) is 0 Å². The summed E-state index contributed by atoms with van der Waals surface area (Å²) in [5.74, 6) is 0. The number of nitrogen functional groups attached to an aromatic ring is 1. The molecule has 2 aromatic carbocycles. The number of benzene rings is 2. The zero-order chi connectivity index (χ0) is 14.9. The zero-order valence-corrected chi connectivity index (χ0v) is 12.4. The maximum atomic E-state index is 5.85. The highest BCUT2D eigenvalue weighted by Gasteiger charge is 2.11. The lowest BCUT2D eigenvalue weighted by Crippen LogP contribution is -2.36. The molecule has 1 aliphatic rings. The Bertz CT molecular complexity index is 786. The van der Waals surface area contributed by atoms with Crippen molar-refractivity contribution in [3.63, 3.8) is 0 Å². The largest absolute Gasteiger partial charge is 0.399 e. The Morgan fingerprint density at radius 1 is 0.864 bits per heavy atom. The molecule has 22 heavy (non-hydrogen) atoms. The molecule has 0 radical (unpaired) electrons. The Balaban J connectivity index is 1.67. The molecule has 0 unspecified atom stereocenters. The fourth-order valence-electron chi connectivity index (χ4n) is 3.03. The highest BCUT2D eigenvalue weighted by atomic mass is 16.5. The molecule has 0 bridgehead atoms. The molecule has 112 valence electrons. The van der Waals surface area contributed by atoms with Crippen molar-refractivity contribution < 1.29 is 4.74 Å². The Hall–Kier alpha value is -2.46. The summed E-state index contributed by atoms with van der Waals surface area (Å²) in [7, 11) is 0. The van der Waals surface area contributed by atoms with Gasteiger partial charge in [-0.05, 0) is 48.5 Å². The van der Waals surface area contributed by atoms with Crippen LogP contribution in [-0.4, -0.2) is 30.9 Å². The Morgan fingerprint density at radius 2 is 1.59 bits per heavy atom. The van der Waals surface area contributed by atoms with E-state index in [9.17, 15) is 0 Å². The van der Waals surface area contributed by atoms with Crippen LogP contribution in [0.3, 0.4) is 0 Å². The maximum Gasteiger partial charge on any atom is 0.0642 e. The van der Waals surface area contributed by atoms with Gasteiger partial charge in [-0.15, -0.1) is 0 Å². The minimum Gasteiger partial charge on any atom is -0.399 e. The molecular formula is C18H19N3O. The summed E-state index contributed by atoms with van der Waals surface area (Å²) in [5.41, 5.74) is 10.2. The standard InChI is InChI=1S/C18H19N3O/c19-15-1-6-18-14(13-15)7-8-21(18)17-4-2-16(3-5-17)20-9-11-22-12-10-20/h1-8,13H,9-12,19H2. The van der Waals surface area contributed by atoms with Crippen molar-refractivity contribution in [2.45, 2.75) is 0 Å². The van der Waals surface area contributed by atoms with Crippen LogP contribution in [0.4, 0.5) is 11.4 Å². The number of ether oxygens (including phenoxy) is 1. The first-order chi connectivity index (χ1) is 10.8. The van der Waals surface area contributed by atoms with E-state index in [1.54, 1.807) is 0 Å². The third-order valence-corrected chi connectivity index (χ3v) is 4.22. The van der Waals surface area contributed by atoms with Crippen molar-refractivity contribution in [2.24, 2.45) is 0 Å². The number of fused-ring (bicyclic) bond motifs is 1. The lowest BCUT2D eigenvalue weighted by atomic mass is 10.2. The van der Waals surface area contributed by atoms with Crippen LogP contribution < -0.4 is 10.6 Å². The van der Waals surface area contributed by atoms with Crippen LogP contribution in [0.2, 0.25) is 0 Å². The van der Waals surface area contributed by atoms with Gasteiger partial charge in [0.15, 0.2) is 0 Å². The quantitative estimate of drug-likeness (QED) is 0.739. The van der Waals surface area contributed by atoms with Crippen molar-refractivity contribution in [2.75, 3.05) is 36.9 Å². The molecular weight excluding hydrogens is 274 g/mol. The SMILES string of the molecule is Nc1ccc2c(ccn2-c2ccc(N3CCOCC3)cc2)c1. The van der Waals surface area contributed by atoms with Gasteiger partial charge in [-0.1, -0.05) is 0 Å². The van der Waals surface area contributed by atoms with Gasteiger partial charge >= 0.3 is 0 Å². The first-order valence-electron chi connectivity index (χ1n) is 7.61. The number of anilines is 2. The molecule has 0 saturated carbocycles. The summed E-state index contributed by atoms with van der Waals surface area (Å²) in [6, 6.07) is 16.8. The van der Waals surface area contributed by atoms with Gasteiger partial charge < -0.3 is 19.9 Å². The van der Waals surface area contributed by atoms with E-state index in [1.165, 1.54) is 11.2 Å². The van der Waals surface area contributed by atoms with Crippen molar-refractivity contribution in [1.29, 1.82) is 0 Å². The van der Waals surface area contributed by atoms with Crippen molar-refractivity contribution in [3.05, 3.63) is 54.7 Å². The van der Waals surface area contributed by atoms with E-state index in [0.717, 1.165) is 43.1 Å². The van der Waals surface area contributed by atoms with E-state index in [1.807, 2.05) is 12.1 Å². The highest BCUT2D eigenvalue weighted by Crippen LogP contribution is 2.24. The van der Waals surface area contributed by atoms with Gasteiger partial charge in [-0.25, -0.2) is 0 Å². The average Bonchev–Trinajstić information content (AvgIpc) is 2.99. The molecule has 2 N–H and O–H groups in total. The van der Waals surface area contributed by atoms with Crippen LogP contribution in [-0.2, 0) is 4.74 Å². The lowest BCUT2D eigenvalue weighted by molar-refractivity contribution is 0.122. The number of morpholine rings is 1. The fraction of sp³-hybridized carbons (Fsp3) is 0.222. The van der Waals surface area contributed by atoms with Crippen LogP contribution in [0.15, 0.2) is 54.7 Å². The maximum absolute atomic E-state index is 5.85. The van der Waals surface area contributed by atoms with E-state index < -0.39 is 0 Å². The Morgan fingerprint density at radius 3 is 2.36 bits per heavy atom. The predicted octanol–water partition coefficient (Wildman–Crippen LogP) is 3.05. The summed E-state index contributed by atoms with van der Waals surface area (Å²) in [4.78, 5) is 2.36. The smallest absolute Gasteiger partial charge is 0.0642 e. The zero-order valence-electron chi connectivity index (χ0n) is 12.4. The van der Waals surface area contributed by atoms with Crippen LogP contribution >= 0.6 is 0 Å². The summed E-state index contributed by atoms with van der Waals surface area (Å²) < 4.78 is 7.60. The summed E-state index contributed by atoms with van der Waals surface area (Å²) >= 11 is 0. The van der Waals surface area contributed by atoms with Crippen LogP contribution in [0, 0.1) is 0 Å². The van der Waals surface area contributed by atoms with Crippen molar-refractivity contribution in [3.8, 4) is 5.69 Å². The summed E-state index contributed by atoms with van der Waals surface area (Å²) in [6.45, 7) is 3.55. The molecule has 2 heterocycles. The molecule has 1 fully saturated rings. The lowest BCUT2D eigenvalue weighted by Gasteiger charge is -2.29. The van der Waals surface area contributed by atoms with Crippen molar-refractivity contribution >= 4 is 22.3 Å². The molecule has 4 nitrogen and oxygen atoms in total. The number of nitrogens with two attached hydrogens (primary N) is 1. The molecule has 0 amide bonds. The molecule has 1 saturated heterocycles. The van der Waals surface area contributed by atoms with E-state index in [-0.39, 0.29) is 0 Å². The highest BCUT2D eigenvalue weighted by molar-refractivity contribution is 5.85. The molecule has 4 heteroatoms. The van der Waals surface area contributed by atoms with Crippen molar-refractivity contribution in [1.82, 2.24) is 4.57 Å². The summed E-state index contributed by atoms with van der Waals surface area (Å²) in [6.07, 6.45) is 2.09. The number of rotatable bonds is 2. The Kier molecular flexibility index (Phi) is 3.24. The molecule has 0 atom stereocenters. The summed E-state index contributed by atoms with van der Waals surface area (Å²) in [5, 5.41) is 1.16. The number of hydrogen-bond acceptors (Lipinski definition) is 3. The third-order valence-electron chi connectivity index (χ3n) is 4.22. The van der Waals surface area contributed by atoms with Gasteiger partial charge in [0.1, 0.15) is 0 Å². The second-order valence-corrected chi connectivity index (χ2v) is 5.62. The third kappa shape index (κ3) is 2.31.